The minimum absolute atomic E-state index is 0.0657. The summed E-state index contributed by atoms with van der Waals surface area (Å²) in [6.45, 7) is 2.84. The number of hydrazone groups is 1. The van der Waals surface area contributed by atoms with Crippen molar-refractivity contribution in [3.63, 3.8) is 0 Å². The predicted octanol–water partition coefficient (Wildman–Crippen LogP) is 0.125. The number of hydrogen-bond acceptors (Lipinski definition) is 5. The lowest BCUT2D eigenvalue weighted by Gasteiger charge is -2.11. The average Bonchev–Trinajstić information content (AvgIpc) is 2.40. The fourth-order valence-corrected chi connectivity index (χ4v) is 1.53. The van der Waals surface area contributed by atoms with Gasteiger partial charge in [0.2, 0.25) is 5.91 Å². The van der Waals surface area contributed by atoms with E-state index >= 15 is 0 Å². The Labute approximate surface area is 93.8 Å². The van der Waals surface area contributed by atoms with Gasteiger partial charge in [-0.05, 0) is 6.92 Å². The molecule has 1 rings (SSSR count). The fraction of sp³-hybridized carbons (Fsp3) is 0.500. The Kier molecular flexibility index (Phi) is 3.31. The van der Waals surface area contributed by atoms with E-state index < -0.39 is 5.91 Å². The molecule has 0 spiro atoms. The van der Waals surface area contributed by atoms with Gasteiger partial charge < -0.3 is 10.1 Å². The molecule has 0 bridgehead atoms. The minimum Gasteiger partial charge on any atom is -0.509 e. The molecule has 1 heterocycles. The third-order valence-corrected chi connectivity index (χ3v) is 2.15. The summed E-state index contributed by atoms with van der Waals surface area (Å²) in [6.07, 6.45) is 0. The van der Waals surface area contributed by atoms with Gasteiger partial charge in [0.05, 0.1) is 12.3 Å². The molecule has 0 atom stereocenters. The zero-order chi connectivity index (χ0) is 12.5. The molecule has 1 aliphatic heterocycles. The Morgan fingerprint density at radius 1 is 1.44 bits per heavy atom. The molecule has 0 aromatic rings. The molecular formula is C10H15N3O3. The molecule has 0 unspecified atom stereocenters. The van der Waals surface area contributed by atoms with Gasteiger partial charge in [-0.15, -0.1) is 0 Å². The van der Waals surface area contributed by atoms with Crippen LogP contribution in [0.15, 0.2) is 16.4 Å². The van der Waals surface area contributed by atoms with Crippen molar-refractivity contribution in [2.24, 2.45) is 5.10 Å². The maximum Gasteiger partial charge on any atom is 0.266 e. The van der Waals surface area contributed by atoms with Crippen molar-refractivity contribution >= 4 is 17.5 Å². The monoisotopic (exact) mass is 225 g/mol. The van der Waals surface area contributed by atoms with Crippen molar-refractivity contribution in [3.05, 3.63) is 11.3 Å². The van der Waals surface area contributed by atoms with Crippen LogP contribution in [0.5, 0.6) is 0 Å². The maximum atomic E-state index is 11.8. The van der Waals surface area contributed by atoms with Gasteiger partial charge in [0.15, 0.2) is 0 Å². The lowest BCUT2D eigenvalue weighted by molar-refractivity contribution is -0.139. The van der Waals surface area contributed by atoms with E-state index in [2.05, 4.69) is 5.10 Å². The fourth-order valence-electron chi connectivity index (χ4n) is 1.53. The second kappa shape index (κ2) is 4.34. The topological polar surface area (TPSA) is 73.2 Å². The van der Waals surface area contributed by atoms with E-state index in [-0.39, 0.29) is 23.8 Å². The standard InChI is InChI=1S/C10H15N3O3/c1-6(11-12(3)4)9-8(15)5-13(7(2)14)10(9)16/h15H,5H2,1-4H3. The highest BCUT2D eigenvalue weighted by Crippen LogP contribution is 2.18. The molecule has 0 aromatic carbocycles. The zero-order valence-corrected chi connectivity index (χ0v) is 9.81. The van der Waals surface area contributed by atoms with E-state index in [1.54, 1.807) is 21.0 Å². The smallest absolute Gasteiger partial charge is 0.266 e. The van der Waals surface area contributed by atoms with Gasteiger partial charge >= 0.3 is 0 Å². The highest BCUT2D eigenvalue weighted by Gasteiger charge is 2.34. The van der Waals surface area contributed by atoms with E-state index in [0.717, 1.165) is 4.90 Å². The molecule has 0 fully saturated rings. The van der Waals surface area contributed by atoms with Crippen molar-refractivity contribution in [2.75, 3.05) is 20.6 Å². The molecule has 0 radical (unpaired) electrons. The van der Waals surface area contributed by atoms with Gasteiger partial charge in [-0.1, -0.05) is 0 Å². The number of aliphatic hydroxyl groups excluding tert-OH is 1. The summed E-state index contributed by atoms with van der Waals surface area (Å²) < 4.78 is 0. The van der Waals surface area contributed by atoms with E-state index in [0.29, 0.717) is 5.71 Å². The molecule has 16 heavy (non-hydrogen) atoms. The van der Waals surface area contributed by atoms with E-state index in [4.69, 9.17) is 0 Å². The van der Waals surface area contributed by atoms with Crippen LogP contribution in [0.4, 0.5) is 0 Å². The van der Waals surface area contributed by atoms with Crippen LogP contribution in [-0.2, 0) is 9.59 Å². The first kappa shape index (κ1) is 12.2. The maximum absolute atomic E-state index is 11.8. The van der Waals surface area contributed by atoms with Crippen molar-refractivity contribution < 1.29 is 14.7 Å². The number of nitrogens with zero attached hydrogens (tertiary/aromatic N) is 3. The molecule has 2 amide bonds. The number of aliphatic hydroxyl groups is 1. The Morgan fingerprint density at radius 3 is 2.38 bits per heavy atom. The SMILES string of the molecule is CC(=O)N1CC(O)=C(C(C)=NN(C)C)C1=O. The molecule has 88 valence electrons. The Balaban J connectivity index is 3.02. The molecular weight excluding hydrogens is 210 g/mol. The lowest BCUT2D eigenvalue weighted by atomic mass is 10.1. The second-order valence-corrected chi connectivity index (χ2v) is 3.76. The zero-order valence-electron chi connectivity index (χ0n) is 9.81. The first-order chi connectivity index (χ1) is 7.34. The first-order valence-electron chi connectivity index (χ1n) is 4.82. The third-order valence-electron chi connectivity index (χ3n) is 2.15. The molecule has 1 N–H and O–H groups in total. The average molecular weight is 225 g/mol. The van der Waals surface area contributed by atoms with Crippen LogP contribution in [-0.4, -0.2) is 53.2 Å². The molecule has 0 aliphatic carbocycles. The highest BCUT2D eigenvalue weighted by molar-refractivity contribution is 6.25. The van der Waals surface area contributed by atoms with Gasteiger partial charge in [-0.2, -0.15) is 5.10 Å². The number of amides is 2. The molecule has 1 aliphatic rings. The van der Waals surface area contributed by atoms with Crippen molar-refractivity contribution in [2.45, 2.75) is 13.8 Å². The number of carbonyl (C=O) groups excluding carboxylic acids is 2. The Morgan fingerprint density at radius 2 is 2.00 bits per heavy atom. The number of imide groups is 1. The van der Waals surface area contributed by atoms with Crippen LogP contribution in [0.1, 0.15) is 13.8 Å². The van der Waals surface area contributed by atoms with Crippen LogP contribution in [0.25, 0.3) is 0 Å². The van der Waals surface area contributed by atoms with Gasteiger partial charge in [0.1, 0.15) is 11.3 Å². The van der Waals surface area contributed by atoms with E-state index in [1.807, 2.05) is 0 Å². The summed E-state index contributed by atoms with van der Waals surface area (Å²) in [7, 11) is 3.42. The minimum atomic E-state index is -0.492. The van der Waals surface area contributed by atoms with E-state index in [9.17, 15) is 14.7 Å². The predicted molar refractivity (Wildman–Crippen MR) is 58.8 cm³/mol. The molecule has 6 heteroatoms. The van der Waals surface area contributed by atoms with Gasteiger partial charge in [-0.25, -0.2) is 0 Å². The largest absolute Gasteiger partial charge is 0.509 e. The summed E-state index contributed by atoms with van der Waals surface area (Å²) in [5.74, 6) is -0.986. The molecule has 0 aromatic heterocycles. The summed E-state index contributed by atoms with van der Waals surface area (Å²) in [6, 6.07) is 0. The van der Waals surface area contributed by atoms with Crippen molar-refractivity contribution in [3.8, 4) is 0 Å². The normalized spacial score (nSPS) is 17.1. The van der Waals surface area contributed by atoms with Crippen LogP contribution in [0, 0.1) is 0 Å². The molecule has 6 nitrogen and oxygen atoms in total. The third kappa shape index (κ3) is 2.21. The van der Waals surface area contributed by atoms with Crippen LogP contribution in [0.3, 0.4) is 0 Å². The summed E-state index contributed by atoms with van der Waals surface area (Å²) in [5.41, 5.74) is 0.514. The highest BCUT2D eigenvalue weighted by atomic mass is 16.3. The van der Waals surface area contributed by atoms with Crippen LogP contribution >= 0.6 is 0 Å². The Bertz CT molecular complexity index is 396. The van der Waals surface area contributed by atoms with Crippen molar-refractivity contribution in [1.29, 1.82) is 0 Å². The van der Waals surface area contributed by atoms with Gasteiger partial charge in [-0.3, -0.25) is 14.5 Å². The lowest BCUT2D eigenvalue weighted by Crippen LogP contribution is -2.32. The quantitative estimate of drug-likeness (QED) is 0.535. The van der Waals surface area contributed by atoms with Crippen LogP contribution < -0.4 is 0 Å². The summed E-state index contributed by atoms with van der Waals surface area (Å²) in [5, 5.41) is 15.2. The number of hydrogen-bond donors (Lipinski definition) is 1. The summed E-state index contributed by atoms with van der Waals surface area (Å²) in [4.78, 5) is 23.9. The number of carbonyl (C=O) groups is 2. The Hall–Kier alpha value is -1.85. The van der Waals surface area contributed by atoms with Crippen LogP contribution in [0.2, 0.25) is 0 Å². The summed E-state index contributed by atoms with van der Waals surface area (Å²) >= 11 is 0. The van der Waals surface area contributed by atoms with Gasteiger partial charge in [0.25, 0.3) is 5.91 Å². The van der Waals surface area contributed by atoms with Gasteiger partial charge in [0, 0.05) is 21.0 Å². The second-order valence-electron chi connectivity index (χ2n) is 3.76. The van der Waals surface area contributed by atoms with E-state index in [1.165, 1.54) is 11.9 Å². The molecule has 0 saturated carbocycles. The number of rotatable bonds is 2. The van der Waals surface area contributed by atoms with Crippen molar-refractivity contribution in [1.82, 2.24) is 9.91 Å². The first-order valence-corrected chi connectivity index (χ1v) is 4.82. The molecule has 0 saturated heterocycles.